The monoisotopic (exact) mass is 1090 g/mol. The van der Waals surface area contributed by atoms with Crippen molar-refractivity contribution >= 4 is 13.7 Å². The summed E-state index contributed by atoms with van der Waals surface area (Å²) in [4.78, 5) is 25.6. The summed E-state index contributed by atoms with van der Waals surface area (Å²) >= 11 is 0. The molecule has 3 atom stereocenters. The van der Waals surface area contributed by atoms with Gasteiger partial charge in [-0.1, -0.05) is 306 Å². The average Bonchev–Trinajstić information content (AvgIpc) is 3.38. The molecule has 446 valence electrons. The van der Waals surface area contributed by atoms with Crippen LogP contribution in [0.5, 0.6) is 0 Å². The van der Waals surface area contributed by atoms with Gasteiger partial charge in [0.15, 0.2) is 0 Å². The Bertz CT molecular complexity index is 1420. The van der Waals surface area contributed by atoms with Gasteiger partial charge in [-0.2, -0.15) is 0 Å². The number of phosphoric acid groups is 1. The molecule has 0 spiro atoms. The molecule has 8 nitrogen and oxygen atoms in total. The Morgan fingerprint density at radius 1 is 0.474 bits per heavy atom. The lowest BCUT2D eigenvalue weighted by molar-refractivity contribution is -0.870. The Labute approximate surface area is 472 Å². The van der Waals surface area contributed by atoms with Crippen molar-refractivity contribution in [2.24, 2.45) is 0 Å². The normalized spacial score (nSPS) is 14.1. The van der Waals surface area contributed by atoms with Crippen LogP contribution < -0.4 is 10.2 Å². The number of nitrogens with zero attached hydrogens (tertiary/aromatic N) is 1. The van der Waals surface area contributed by atoms with Crippen molar-refractivity contribution in [1.29, 1.82) is 0 Å². The highest BCUT2D eigenvalue weighted by molar-refractivity contribution is 7.45. The third-order valence-electron chi connectivity index (χ3n) is 14.7. The summed E-state index contributed by atoms with van der Waals surface area (Å²) in [7, 11) is 1.27. The van der Waals surface area contributed by atoms with Gasteiger partial charge in [0.1, 0.15) is 13.2 Å². The maximum Gasteiger partial charge on any atom is 0.268 e. The minimum Gasteiger partial charge on any atom is -0.756 e. The Morgan fingerprint density at radius 3 is 1.17 bits per heavy atom. The molecule has 3 unspecified atom stereocenters. The second-order valence-corrected chi connectivity index (χ2v) is 24.9. The number of carbonyl (C=O) groups is 1. The van der Waals surface area contributed by atoms with E-state index in [9.17, 15) is 19.4 Å². The molecule has 0 radical (unpaired) electrons. The predicted molar refractivity (Wildman–Crippen MR) is 330 cm³/mol. The maximum absolute atomic E-state index is 13.0. The lowest BCUT2D eigenvalue weighted by Crippen LogP contribution is -2.45. The van der Waals surface area contributed by atoms with Gasteiger partial charge in [0.25, 0.3) is 7.82 Å². The molecule has 2 N–H and O–H groups in total. The molecule has 0 fully saturated rings. The summed E-state index contributed by atoms with van der Waals surface area (Å²) in [6.07, 6.45) is 78.9. The highest BCUT2D eigenvalue weighted by Gasteiger charge is 2.23. The molecule has 0 aliphatic rings. The van der Waals surface area contributed by atoms with E-state index in [1.54, 1.807) is 6.08 Å². The third-order valence-corrected chi connectivity index (χ3v) is 15.7. The number of nitrogens with one attached hydrogen (secondary N) is 1. The Kier molecular flexibility index (Phi) is 56.5. The highest BCUT2D eigenvalue weighted by Crippen LogP contribution is 2.38. The minimum atomic E-state index is -4.60. The fourth-order valence-corrected chi connectivity index (χ4v) is 10.4. The number of phosphoric ester groups is 1. The number of unbranched alkanes of at least 4 members (excludes halogenated alkanes) is 39. The van der Waals surface area contributed by atoms with Crippen LogP contribution in [-0.4, -0.2) is 68.5 Å². The van der Waals surface area contributed by atoms with Crippen molar-refractivity contribution in [2.45, 2.75) is 321 Å². The van der Waals surface area contributed by atoms with Crippen molar-refractivity contribution in [3.63, 3.8) is 0 Å². The molecule has 76 heavy (non-hydrogen) atoms. The smallest absolute Gasteiger partial charge is 0.268 e. The summed E-state index contributed by atoms with van der Waals surface area (Å²) in [5, 5.41) is 13.9. The standard InChI is InChI=1S/C67H127N2O6P/c1-6-8-10-12-14-16-18-20-22-24-26-28-30-31-32-33-34-35-36-37-39-41-43-45-47-49-51-53-55-57-59-61-67(71)68-65(64-75-76(72,73)74-63-62-69(3,4)5)66(70)60-58-56-54-52-50-48-46-44-42-40-38-29-27-25-23-21-19-17-15-13-11-9-7-2/h8,10,14,16,20,22,26,28,58,60,65-66,70H,6-7,9,11-13,15,17-19,21,23-25,27,29-57,59,61-64H2,1-5H3,(H-,68,71,72,73)/b10-8-,16-14-,22-20-,28-26-,60-58+. The van der Waals surface area contributed by atoms with Crippen LogP contribution in [0.4, 0.5) is 0 Å². The van der Waals surface area contributed by atoms with Crippen LogP contribution in [-0.2, 0) is 18.4 Å². The highest BCUT2D eigenvalue weighted by atomic mass is 31.2. The van der Waals surface area contributed by atoms with Crippen LogP contribution in [0.3, 0.4) is 0 Å². The molecule has 0 heterocycles. The first-order chi connectivity index (χ1) is 37.0. The van der Waals surface area contributed by atoms with Gasteiger partial charge in [-0.25, -0.2) is 0 Å². The number of carbonyl (C=O) groups excluding carboxylic acids is 1. The van der Waals surface area contributed by atoms with E-state index in [4.69, 9.17) is 9.05 Å². The molecule has 1 amide bonds. The van der Waals surface area contributed by atoms with E-state index in [1.165, 1.54) is 225 Å². The lowest BCUT2D eigenvalue weighted by Gasteiger charge is -2.29. The fraction of sp³-hybridized carbons (Fsp3) is 0.836. The number of hydrogen-bond donors (Lipinski definition) is 2. The summed E-state index contributed by atoms with van der Waals surface area (Å²) in [5.41, 5.74) is 0. The summed E-state index contributed by atoms with van der Waals surface area (Å²) in [5.74, 6) is -0.193. The van der Waals surface area contributed by atoms with Crippen molar-refractivity contribution in [3.8, 4) is 0 Å². The zero-order chi connectivity index (χ0) is 55.6. The fourth-order valence-electron chi connectivity index (χ4n) is 9.68. The van der Waals surface area contributed by atoms with Gasteiger partial charge in [-0.3, -0.25) is 9.36 Å². The largest absolute Gasteiger partial charge is 0.756 e. The Hall–Kier alpha value is -1.80. The van der Waals surface area contributed by atoms with Crippen LogP contribution in [0.15, 0.2) is 60.8 Å². The van der Waals surface area contributed by atoms with Crippen LogP contribution in [0.2, 0.25) is 0 Å². The van der Waals surface area contributed by atoms with Gasteiger partial charge < -0.3 is 28.8 Å². The topological polar surface area (TPSA) is 108 Å². The number of hydrogen-bond acceptors (Lipinski definition) is 6. The van der Waals surface area contributed by atoms with Crippen molar-refractivity contribution < 1.29 is 32.9 Å². The number of aliphatic hydroxyl groups excluding tert-OH is 1. The first-order valence-corrected chi connectivity index (χ1v) is 34.1. The van der Waals surface area contributed by atoms with Gasteiger partial charge in [0, 0.05) is 6.42 Å². The average molecular weight is 1090 g/mol. The molecule has 0 saturated carbocycles. The van der Waals surface area contributed by atoms with Gasteiger partial charge >= 0.3 is 0 Å². The first kappa shape index (κ1) is 74.2. The van der Waals surface area contributed by atoms with Crippen LogP contribution in [0, 0.1) is 0 Å². The van der Waals surface area contributed by atoms with Crippen LogP contribution in [0.1, 0.15) is 309 Å². The van der Waals surface area contributed by atoms with Gasteiger partial charge in [-0.05, 0) is 57.8 Å². The van der Waals surface area contributed by atoms with Crippen molar-refractivity contribution in [1.82, 2.24) is 5.32 Å². The van der Waals surface area contributed by atoms with Crippen LogP contribution in [0.25, 0.3) is 0 Å². The molecule has 9 heteroatoms. The zero-order valence-corrected chi connectivity index (χ0v) is 51.9. The van der Waals surface area contributed by atoms with Crippen LogP contribution >= 0.6 is 7.82 Å². The van der Waals surface area contributed by atoms with Gasteiger partial charge in [0.2, 0.25) is 5.91 Å². The number of allylic oxidation sites excluding steroid dienone is 9. The van der Waals surface area contributed by atoms with E-state index < -0.39 is 20.0 Å². The van der Waals surface area contributed by atoms with Gasteiger partial charge in [0.05, 0.1) is 39.9 Å². The number of aliphatic hydroxyl groups is 1. The molecular weight excluding hydrogens is 960 g/mol. The Morgan fingerprint density at radius 2 is 0.803 bits per heavy atom. The number of quaternary nitrogens is 1. The molecule has 0 aliphatic heterocycles. The van der Waals surface area contributed by atoms with Crippen molar-refractivity contribution in [2.75, 3.05) is 40.9 Å². The molecule has 0 aromatic carbocycles. The SMILES string of the molecule is CC/C=C\C/C=C\C/C=C\C/C=C\CCCCCCCCCCCCCCCCCCCCC(=O)NC(COP(=O)([O-])OCC[N+](C)(C)C)C(O)/C=C/CCCCCCCCCCCCCCCCCCCCCCC. The quantitative estimate of drug-likeness (QED) is 0.0272. The van der Waals surface area contributed by atoms with Crippen molar-refractivity contribution in [3.05, 3.63) is 60.8 Å². The summed E-state index contributed by atoms with van der Waals surface area (Å²) < 4.78 is 23.4. The van der Waals surface area contributed by atoms with E-state index in [1.807, 2.05) is 27.2 Å². The lowest BCUT2D eigenvalue weighted by atomic mass is 10.0. The van der Waals surface area contributed by atoms with E-state index in [-0.39, 0.29) is 19.1 Å². The first-order valence-electron chi connectivity index (χ1n) is 32.7. The van der Waals surface area contributed by atoms with Gasteiger partial charge in [-0.15, -0.1) is 0 Å². The second kappa shape index (κ2) is 57.9. The van der Waals surface area contributed by atoms with E-state index in [0.29, 0.717) is 17.4 Å². The number of likely N-dealkylation sites (N-methyl/N-ethyl adjacent to an activating group) is 1. The molecule has 0 aromatic heterocycles. The second-order valence-electron chi connectivity index (χ2n) is 23.4. The third kappa shape index (κ3) is 59.9. The Balaban J connectivity index is 4.08. The molecule has 0 aromatic rings. The number of rotatable bonds is 60. The van der Waals surface area contributed by atoms with E-state index in [2.05, 4.69) is 67.8 Å². The minimum absolute atomic E-state index is 0.000622. The zero-order valence-electron chi connectivity index (χ0n) is 51.0. The molecule has 0 bridgehead atoms. The maximum atomic E-state index is 13.0. The van der Waals surface area contributed by atoms with E-state index >= 15 is 0 Å². The van der Waals surface area contributed by atoms with E-state index in [0.717, 1.165) is 64.2 Å². The molecule has 0 rings (SSSR count). The summed E-state index contributed by atoms with van der Waals surface area (Å²) in [6, 6.07) is -0.888. The molecule has 0 saturated heterocycles. The summed E-state index contributed by atoms with van der Waals surface area (Å²) in [6.45, 7) is 4.58. The molecule has 0 aliphatic carbocycles. The predicted octanol–water partition coefficient (Wildman–Crippen LogP) is 19.8. The molecular formula is C67H127N2O6P. The number of amides is 1.